The highest BCUT2D eigenvalue weighted by Gasteiger charge is 2.28. The third kappa shape index (κ3) is 3.96. The lowest BCUT2D eigenvalue weighted by Gasteiger charge is -2.12. The summed E-state index contributed by atoms with van der Waals surface area (Å²) in [6, 6.07) is 22.9. The molecule has 0 bridgehead atoms. The zero-order valence-electron chi connectivity index (χ0n) is 16.6. The molecule has 1 heterocycles. The molecule has 150 valence electrons. The summed E-state index contributed by atoms with van der Waals surface area (Å²) in [7, 11) is 1.30. The van der Waals surface area contributed by atoms with E-state index in [1.54, 1.807) is 31.2 Å². The molecule has 5 heteroatoms. The van der Waals surface area contributed by atoms with E-state index in [4.69, 9.17) is 9.47 Å². The van der Waals surface area contributed by atoms with Crippen LogP contribution in [0.5, 0.6) is 11.5 Å². The molecule has 0 aromatic heterocycles. The minimum atomic E-state index is -0.761. The van der Waals surface area contributed by atoms with Gasteiger partial charge in [-0.3, -0.25) is 4.79 Å². The van der Waals surface area contributed by atoms with Crippen molar-refractivity contribution in [3.8, 4) is 22.6 Å². The molecule has 1 aliphatic heterocycles. The maximum Gasteiger partial charge on any atom is 0.346 e. The Morgan fingerprint density at radius 1 is 0.967 bits per heavy atom. The first-order valence-corrected chi connectivity index (χ1v) is 9.53. The topological polar surface area (TPSA) is 61.8 Å². The molecule has 4 rings (SSSR count). The largest absolute Gasteiger partial charge is 0.479 e. The molecular formula is C25H20O5. The van der Waals surface area contributed by atoms with Crippen LogP contribution in [0, 0.1) is 0 Å². The molecule has 0 spiro atoms. The molecular weight excluding hydrogens is 380 g/mol. The van der Waals surface area contributed by atoms with Crippen molar-refractivity contribution in [2.75, 3.05) is 7.11 Å². The second kappa shape index (κ2) is 8.25. The van der Waals surface area contributed by atoms with Crippen molar-refractivity contribution in [2.24, 2.45) is 0 Å². The van der Waals surface area contributed by atoms with Crippen LogP contribution >= 0.6 is 0 Å². The van der Waals surface area contributed by atoms with Gasteiger partial charge in [-0.2, -0.15) is 0 Å². The second-order valence-corrected chi connectivity index (χ2v) is 6.87. The third-order valence-corrected chi connectivity index (χ3v) is 4.80. The maximum atomic E-state index is 12.7. The van der Waals surface area contributed by atoms with Crippen LogP contribution < -0.4 is 9.47 Å². The number of ketones is 1. The van der Waals surface area contributed by atoms with Crippen molar-refractivity contribution in [2.45, 2.75) is 13.0 Å². The molecule has 0 aliphatic carbocycles. The summed E-state index contributed by atoms with van der Waals surface area (Å²) >= 11 is 0. The number of Topliss-reactive ketones (excluding diaryl/α,β-unsaturated/α-hetero) is 1. The van der Waals surface area contributed by atoms with Gasteiger partial charge in [-0.1, -0.05) is 54.6 Å². The maximum absolute atomic E-state index is 12.7. The highest BCUT2D eigenvalue weighted by atomic mass is 16.6. The Kier molecular flexibility index (Phi) is 5.35. The smallest absolute Gasteiger partial charge is 0.346 e. The van der Waals surface area contributed by atoms with Crippen molar-refractivity contribution >= 4 is 17.8 Å². The van der Waals surface area contributed by atoms with Crippen LogP contribution in [0.4, 0.5) is 0 Å². The molecule has 0 N–H and O–H groups in total. The van der Waals surface area contributed by atoms with Crippen molar-refractivity contribution in [3.63, 3.8) is 0 Å². The van der Waals surface area contributed by atoms with Gasteiger partial charge in [-0.25, -0.2) is 4.79 Å². The number of rotatable bonds is 5. The third-order valence-electron chi connectivity index (χ3n) is 4.80. The highest BCUT2D eigenvalue weighted by molar-refractivity contribution is 6.14. The number of allylic oxidation sites excluding steroid dienone is 1. The van der Waals surface area contributed by atoms with E-state index in [2.05, 4.69) is 16.9 Å². The Hall–Kier alpha value is -3.86. The molecule has 0 radical (unpaired) electrons. The summed E-state index contributed by atoms with van der Waals surface area (Å²) in [5.41, 5.74) is 3.55. The van der Waals surface area contributed by atoms with Crippen LogP contribution in [-0.4, -0.2) is 25.0 Å². The minimum absolute atomic E-state index is 0.190. The van der Waals surface area contributed by atoms with E-state index in [1.807, 2.05) is 42.5 Å². The Balaban J connectivity index is 1.52. The number of methoxy groups -OCH3 is 1. The van der Waals surface area contributed by atoms with E-state index in [0.29, 0.717) is 17.1 Å². The van der Waals surface area contributed by atoms with Crippen LogP contribution in [0.2, 0.25) is 0 Å². The molecule has 3 aromatic carbocycles. The van der Waals surface area contributed by atoms with E-state index < -0.39 is 12.1 Å². The quantitative estimate of drug-likeness (QED) is 0.450. The van der Waals surface area contributed by atoms with E-state index in [-0.39, 0.29) is 11.5 Å². The number of carbonyl (C=O) groups is 2. The monoisotopic (exact) mass is 400 g/mol. The van der Waals surface area contributed by atoms with Gasteiger partial charge in [0.15, 0.2) is 11.9 Å². The average molecular weight is 400 g/mol. The van der Waals surface area contributed by atoms with Gasteiger partial charge in [0.2, 0.25) is 5.78 Å². The lowest BCUT2D eigenvalue weighted by Crippen LogP contribution is -2.24. The SMILES string of the molecule is COC(=O)[C@H](C)Oc1ccc2c(c1)O/C(=C\c1ccc(-c3ccccc3)cc1)C2=O. The number of hydrogen-bond acceptors (Lipinski definition) is 5. The molecule has 1 aliphatic rings. The van der Waals surface area contributed by atoms with Gasteiger partial charge in [0.1, 0.15) is 11.5 Å². The number of esters is 1. The summed E-state index contributed by atoms with van der Waals surface area (Å²) in [4.78, 5) is 24.2. The van der Waals surface area contributed by atoms with Crippen molar-refractivity contribution < 1.29 is 23.8 Å². The van der Waals surface area contributed by atoms with Crippen molar-refractivity contribution in [1.29, 1.82) is 0 Å². The van der Waals surface area contributed by atoms with Crippen LogP contribution in [0.3, 0.4) is 0 Å². The number of fused-ring (bicyclic) bond motifs is 1. The van der Waals surface area contributed by atoms with Crippen LogP contribution in [0.15, 0.2) is 78.6 Å². The van der Waals surface area contributed by atoms with Gasteiger partial charge in [0.05, 0.1) is 12.7 Å². The molecule has 1 atom stereocenters. The fourth-order valence-corrected chi connectivity index (χ4v) is 3.21. The Labute approximate surface area is 174 Å². The first-order chi connectivity index (χ1) is 14.5. The van der Waals surface area contributed by atoms with Crippen LogP contribution in [0.1, 0.15) is 22.8 Å². The number of carbonyl (C=O) groups excluding carboxylic acids is 2. The van der Waals surface area contributed by atoms with Crippen molar-refractivity contribution in [3.05, 3.63) is 89.7 Å². The van der Waals surface area contributed by atoms with Gasteiger partial charge in [0.25, 0.3) is 0 Å². The molecule has 0 saturated carbocycles. The Morgan fingerprint density at radius 2 is 1.67 bits per heavy atom. The summed E-state index contributed by atoms with van der Waals surface area (Å²) in [5, 5.41) is 0. The molecule has 0 amide bonds. The zero-order chi connectivity index (χ0) is 21.1. The van der Waals surface area contributed by atoms with Crippen LogP contribution in [-0.2, 0) is 9.53 Å². The first-order valence-electron chi connectivity index (χ1n) is 9.53. The summed E-state index contributed by atoms with van der Waals surface area (Å²) in [5.74, 6) is 0.405. The van der Waals surface area contributed by atoms with Gasteiger partial charge in [-0.15, -0.1) is 0 Å². The predicted molar refractivity (Wildman–Crippen MR) is 113 cm³/mol. The summed E-state index contributed by atoms with van der Waals surface area (Å²) in [6.45, 7) is 1.59. The minimum Gasteiger partial charge on any atom is -0.479 e. The number of benzene rings is 3. The standard InChI is InChI=1S/C25H20O5/c1-16(25(27)28-2)29-20-12-13-21-22(15-20)30-23(24(21)26)14-17-8-10-19(11-9-17)18-6-4-3-5-7-18/h3-16H,1-2H3/b23-14-/t16-/m0/s1. The van der Waals surface area contributed by atoms with Gasteiger partial charge in [-0.05, 0) is 41.8 Å². The first kappa shape index (κ1) is 19.5. The fraction of sp³-hybridized carbons (Fsp3) is 0.120. The van der Waals surface area contributed by atoms with Gasteiger partial charge >= 0.3 is 5.97 Å². The normalized spacial score (nSPS) is 14.7. The number of hydrogen-bond donors (Lipinski definition) is 0. The van der Waals surface area contributed by atoms with E-state index in [0.717, 1.165) is 16.7 Å². The molecule has 0 unspecified atom stereocenters. The Morgan fingerprint density at radius 3 is 2.37 bits per heavy atom. The summed E-state index contributed by atoms with van der Waals surface area (Å²) in [6.07, 6.45) is 0.956. The second-order valence-electron chi connectivity index (χ2n) is 6.87. The molecule has 30 heavy (non-hydrogen) atoms. The van der Waals surface area contributed by atoms with Crippen LogP contribution in [0.25, 0.3) is 17.2 Å². The highest BCUT2D eigenvalue weighted by Crippen LogP contribution is 2.35. The van der Waals surface area contributed by atoms with E-state index >= 15 is 0 Å². The zero-order valence-corrected chi connectivity index (χ0v) is 16.6. The molecule has 0 fully saturated rings. The average Bonchev–Trinajstić information content (AvgIpc) is 3.08. The van der Waals surface area contributed by atoms with E-state index in [1.165, 1.54) is 7.11 Å². The van der Waals surface area contributed by atoms with Crippen molar-refractivity contribution in [1.82, 2.24) is 0 Å². The lowest BCUT2D eigenvalue weighted by atomic mass is 10.0. The van der Waals surface area contributed by atoms with E-state index in [9.17, 15) is 9.59 Å². The molecule has 0 saturated heterocycles. The molecule has 3 aromatic rings. The fourth-order valence-electron chi connectivity index (χ4n) is 3.21. The lowest BCUT2D eigenvalue weighted by molar-refractivity contribution is -0.147. The molecule has 5 nitrogen and oxygen atoms in total. The number of ether oxygens (including phenoxy) is 3. The predicted octanol–water partition coefficient (Wildman–Crippen LogP) is 4.91. The summed E-state index contributed by atoms with van der Waals surface area (Å²) < 4.78 is 16.0. The van der Waals surface area contributed by atoms with Gasteiger partial charge in [0, 0.05) is 6.07 Å². The van der Waals surface area contributed by atoms with Gasteiger partial charge < -0.3 is 14.2 Å². The Bertz CT molecular complexity index is 1110.